The molecule has 1 aromatic carbocycles. The quantitative estimate of drug-likeness (QED) is 0.710. The van der Waals surface area contributed by atoms with Gasteiger partial charge in [0.2, 0.25) is 0 Å². The molecule has 20 heavy (non-hydrogen) atoms. The van der Waals surface area contributed by atoms with Gasteiger partial charge in [-0.1, -0.05) is 6.07 Å². The molecule has 3 heterocycles. The van der Waals surface area contributed by atoms with E-state index in [2.05, 4.69) is 45.4 Å². The van der Waals surface area contributed by atoms with Gasteiger partial charge in [0.05, 0.1) is 0 Å². The number of aromatic amines is 1. The van der Waals surface area contributed by atoms with E-state index in [-0.39, 0.29) is 0 Å². The molecule has 2 N–H and O–H groups in total. The Morgan fingerprint density at radius 3 is 3.00 bits per heavy atom. The number of benzene rings is 1. The first kappa shape index (κ1) is 11.9. The van der Waals surface area contributed by atoms with Gasteiger partial charge in [-0.3, -0.25) is 9.88 Å². The molecule has 3 aromatic rings. The summed E-state index contributed by atoms with van der Waals surface area (Å²) in [5.41, 5.74) is 3.71. The predicted octanol–water partition coefficient (Wildman–Crippen LogP) is 2.29. The van der Waals surface area contributed by atoms with Crippen LogP contribution < -0.4 is 5.32 Å². The Kier molecular flexibility index (Phi) is 2.72. The molecule has 1 saturated heterocycles. The maximum Gasteiger partial charge on any atom is 0.0495 e. The summed E-state index contributed by atoms with van der Waals surface area (Å²) in [6.07, 6.45) is 3.78. The standard InChI is InChI=1S/C16H18N4/c1-20-7-6-18-10-16(20)11-2-3-14-12(8-11)13-9-17-5-4-15(13)19-14/h2-5,8-9,16,18-19H,6-7,10H2,1H3. The van der Waals surface area contributed by atoms with Crippen molar-refractivity contribution in [3.8, 4) is 0 Å². The minimum atomic E-state index is 0.453. The fourth-order valence-corrected chi connectivity index (χ4v) is 3.14. The van der Waals surface area contributed by atoms with Gasteiger partial charge in [-0.2, -0.15) is 0 Å². The van der Waals surface area contributed by atoms with E-state index >= 15 is 0 Å². The van der Waals surface area contributed by atoms with Crippen LogP contribution in [0.25, 0.3) is 21.8 Å². The highest BCUT2D eigenvalue weighted by Gasteiger charge is 2.20. The fraction of sp³-hybridized carbons (Fsp3) is 0.312. The molecule has 1 fully saturated rings. The third-order valence-corrected chi connectivity index (χ3v) is 4.32. The summed E-state index contributed by atoms with van der Waals surface area (Å²) in [6.45, 7) is 3.19. The van der Waals surface area contributed by atoms with Gasteiger partial charge in [-0.15, -0.1) is 0 Å². The van der Waals surface area contributed by atoms with Crippen molar-refractivity contribution in [3.63, 3.8) is 0 Å². The molecule has 4 heteroatoms. The molecule has 0 spiro atoms. The smallest absolute Gasteiger partial charge is 0.0495 e. The largest absolute Gasteiger partial charge is 0.354 e. The van der Waals surface area contributed by atoms with Crippen molar-refractivity contribution in [2.24, 2.45) is 0 Å². The first-order valence-corrected chi connectivity index (χ1v) is 7.09. The van der Waals surface area contributed by atoms with E-state index < -0.39 is 0 Å². The molecule has 0 saturated carbocycles. The van der Waals surface area contributed by atoms with Crippen LogP contribution in [0.5, 0.6) is 0 Å². The van der Waals surface area contributed by atoms with E-state index in [0.717, 1.165) is 25.2 Å². The zero-order valence-corrected chi connectivity index (χ0v) is 11.6. The molecule has 1 aliphatic rings. The molecule has 4 rings (SSSR count). The van der Waals surface area contributed by atoms with Gasteiger partial charge < -0.3 is 10.3 Å². The van der Waals surface area contributed by atoms with Gasteiger partial charge in [0.1, 0.15) is 0 Å². The van der Waals surface area contributed by atoms with Gasteiger partial charge in [-0.25, -0.2) is 0 Å². The second-order valence-corrected chi connectivity index (χ2v) is 5.55. The van der Waals surface area contributed by atoms with Crippen molar-refractivity contribution in [3.05, 3.63) is 42.2 Å². The highest BCUT2D eigenvalue weighted by atomic mass is 15.2. The topological polar surface area (TPSA) is 44.0 Å². The highest BCUT2D eigenvalue weighted by molar-refractivity contribution is 6.06. The van der Waals surface area contributed by atoms with Crippen molar-refractivity contribution in [1.29, 1.82) is 0 Å². The average Bonchev–Trinajstić information content (AvgIpc) is 2.85. The van der Waals surface area contributed by atoms with Crippen LogP contribution in [0.1, 0.15) is 11.6 Å². The van der Waals surface area contributed by atoms with Crippen LogP contribution in [-0.4, -0.2) is 41.5 Å². The molecule has 4 nitrogen and oxygen atoms in total. The number of fused-ring (bicyclic) bond motifs is 3. The Balaban J connectivity index is 1.87. The zero-order chi connectivity index (χ0) is 13.5. The van der Waals surface area contributed by atoms with Crippen LogP contribution in [0.3, 0.4) is 0 Å². The Labute approximate surface area is 117 Å². The Morgan fingerprint density at radius 1 is 1.20 bits per heavy atom. The minimum Gasteiger partial charge on any atom is -0.354 e. The third-order valence-electron chi connectivity index (χ3n) is 4.32. The van der Waals surface area contributed by atoms with E-state index in [1.165, 1.54) is 21.9 Å². The number of likely N-dealkylation sites (N-methyl/N-ethyl adjacent to an activating group) is 1. The number of hydrogen-bond donors (Lipinski definition) is 2. The van der Waals surface area contributed by atoms with Crippen LogP contribution in [0.4, 0.5) is 0 Å². The summed E-state index contributed by atoms with van der Waals surface area (Å²) in [7, 11) is 2.20. The molecule has 2 aromatic heterocycles. The number of nitrogens with one attached hydrogen (secondary N) is 2. The third kappa shape index (κ3) is 1.80. The second kappa shape index (κ2) is 4.58. The summed E-state index contributed by atoms with van der Waals surface area (Å²) >= 11 is 0. The first-order chi connectivity index (χ1) is 9.83. The van der Waals surface area contributed by atoms with Crippen LogP contribution in [0.15, 0.2) is 36.7 Å². The zero-order valence-electron chi connectivity index (χ0n) is 11.6. The SMILES string of the molecule is CN1CCNCC1c1ccc2[nH]c3ccncc3c2c1. The van der Waals surface area contributed by atoms with Crippen LogP contribution in [-0.2, 0) is 0 Å². The lowest BCUT2D eigenvalue weighted by Crippen LogP contribution is -2.43. The Bertz CT molecular complexity index is 761. The summed E-state index contributed by atoms with van der Waals surface area (Å²) in [5, 5.41) is 5.95. The summed E-state index contributed by atoms with van der Waals surface area (Å²) < 4.78 is 0. The second-order valence-electron chi connectivity index (χ2n) is 5.55. The number of nitrogens with zero attached hydrogens (tertiary/aromatic N) is 2. The maximum atomic E-state index is 4.25. The van der Waals surface area contributed by atoms with Crippen LogP contribution in [0.2, 0.25) is 0 Å². The van der Waals surface area contributed by atoms with E-state index in [1.54, 1.807) is 0 Å². The summed E-state index contributed by atoms with van der Waals surface area (Å²) in [4.78, 5) is 10.1. The lowest BCUT2D eigenvalue weighted by molar-refractivity contribution is 0.202. The number of rotatable bonds is 1. The molecule has 102 valence electrons. The summed E-state index contributed by atoms with van der Waals surface area (Å²) in [6, 6.07) is 9.22. The molecular weight excluding hydrogens is 248 g/mol. The molecule has 1 unspecified atom stereocenters. The molecule has 1 atom stereocenters. The summed E-state index contributed by atoms with van der Waals surface area (Å²) in [5.74, 6) is 0. The molecule has 0 aliphatic carbocycles. The Morgan fingerprint density at radius 2 is 2.10 bits per heavy atom. The maximum absolute atomic E-state index is 4.25. The molecule has 1 aliphatic heterocycles. The van der Waals surface area contributed by atoms with Gasteiger partial charge in [0, 0.05) is 59.9 Å². The van der Waals surface area contributed by atoms with E-state index in [4.69, 9.17) is 0 Å². The minimum absolute atomic E-state index is 0.453. The number of hydrogen-bond acceptors (Lipinski definition) is 3. The fourth-order valence-electron chi connectivity index (χ4n) is 3.14. The van der Waals surface area contributed by atoms with Gasteiger partial charge in [0.25, 0.3) is 0 Å². The number of pyridine rings is 1. The molecule has 0 radical (unpaired) electrons. The lowest BCUT2D eigenvalue weighted by Gasteiger charge is -2.33. The van der Waals surface area contributed by atoms with Gasteiger partial charge in [-0.05, 0) is 30.8 Å². The monoisotopic (exact) mass is 266 g/mol. The predicted molar refractivity (Wildman–Crippen MR) is 81.8 cm³/mol. The van der Waals surface area contributed by atoms with Crippen LogP contribution in [0, 0.1) is 0 Å². The average molecular weight is 266 g/mol. The van der Waals surface area contributed by atoms with Crippen molar-refractivity contribution in [2.45, 2.75) is 6.04 Å². The Hall–Kier alpha value is -1.91. The van der Waals surface area contributed by atoms with Crippen molar-refractivity contribution >= 4 is 21.8 Å². The van der Waals surface area contributed by atoms with Crippen molar-refractivity contribution in [2.75, 3.05) is 26.7 Å². The molecule has 0 bridgehead atoms. The van der Waals surface area contributed by atoms with Gasteiger partial charge >= 0.3 is 0 Å². The number of H-pyrrole nitrogens is 1. The normalized spacial score (nSPS) is 20.8. The van der Waals surface area contributed by atoms with E-state index in [1.807, 2.05) is 18.5 Å². The van der Waals surface area contributed by atoms with Crippen molar-refractivity contribution < 1.29 is 0 Å². The highest BCUT2D eigenvalue weighted by Crippen LogP contribution is 2.29. The van der Waals surface area contributed by atoms with Gasteiger partial charge in [0.15, 0.2) is 0 Å². The number of piperazine rings is 1. The van der Waals surface area contributed by atoms with Crippen LogP contribution >= 0.6 is 0 Å². The number of aromatic nitrogens is 2. The van der Waals surface area contributed by atoms with E-state index in [9.17, 15) is 0 Å². The van der Waals surface area contributed by atoms with E-state index in [0.29, 0.717) is 6.04 Å². The van der Waals surface area contributed by atoms with Crippen molar-refractivity contribution in [1.82, 2.24) is 20.2 Å². The lowest BCUT2D eigenvalue weighted by atomic mass is 10.0. The molecule has 0 amide bonds. The molecular formula is C16H18N4. The first-order valence-electron chi connectivity index (χ1n) is 7.09.